The summed E-state index contributed by atoms with van der Waals surface area (Å²) in [6, 6.07) is 15.0. The topological polar surface area (TPSA) is 49.9 Å². The average Bonchev–Trinajstić information content (AvgIpc) is 3.00. The summed E-state index contributed by atoms with van der Waals surface area (Å²) < 4.78 is 5.57. The zero-order chi connectivity index (χ0) is 20.4. The molecule has 0 N–H and O–H groups in total. The van der Waals surface area contributed by atoms with Crippen molar-refractivity contribution in [2.24, 2.45) is 0 Å². The van der Waals surface area contributed by atoms with Crippen LogP contribution in [0.25, 0.3) is 5.57 Å². The van der Waals surface area contributed by atoms with Gasteiger partial charge in [-0.15, -0.1) is 0 Å². The number of likely N-dealkylation sites (tertiary alicyclic amines) is 1. The van der Waals surface area contributed by atoms with Crippen molar-refractivity contribution in [2.45, 2.75) is 33.1 Å². The van der Waals surface area contributed by atoms with E-state index in [-0.39, 0.29) is 11.8 Å². The second kappa shape index (κ2) is 8.11. The molecule has 0 radical (unpaired) electrons. The zero-order valence-corrected chi connectivity index (χ0v) is 17.0. The number of aryl methyl sites for hydroxylation is 1. The van der Waals surface area contributed by atoms with Crippen LogP contribution in [0.4, 0.5) is 5.69 Å². The number of imide groups is 1. The highest BCUT2D eigenvalue weighted by atomic mass is 16.5. The first-order chi connectivity index (χ1) is 14.1. The second-order valence-corrected chi connectivity index (χ2v) is 7.51. The van der Waals surface area contributed by atoms with Crippen LogP contribution in [0, 0.1) is 6.92 Å². The third-order valence-electron chi connectivity index (χ3n) is 5.46. The summed E-state index contributed by atoms with van der Waals surface area (Å²) in [5, 5.41) is 0. The molecule has 0 bridgehead atoms. The molecule has 5 heteroatoms. The van der Waals surface area contributed by atoms with Gasteiger partial charge in [0.25, 0.3) is 11.8 Å². The summed E-state index contributed by atoms with van der Waals surface area (Å²) in [6.07, 6.45) is 3.23. The maximum Gasteiger partial charge on any atom is 0.282 e. The van der Waals surface area contributed by atoms with Gasteiger partial charge in [0.2, 0.25) is 0 Å². The van der Waals surface area contributed by atoms with Gasteiger partial charge in [0, 0.05) is 19.2 Å². The Bertz CT molecular complexity index is 956. The molecule has 150 valence electrons. The van der Waals surface area contributed by atoms with Gasteiger partial charge in [0.05, 0.1) is 17.9 Å². The van der Waals surface area contributed by atoms with Gasteiger partial charge in [0.15, 0.2) is 0 Å². The quantitative estimate of drug-likeness (QED) is 0.719. The number of carbonyl (C=O) groups excluding carboxylic acids is 2. The number of anilines is 1. The van der Waals surface area contributed by atoms with E-state index in [9.17, 15) is 9.59 Å². The molecule has 2 aromatic rings. The summed E-state index contributed by atoms with van der Waals surface area (Å²) >= 11 is 0. The molecule has 0 aromatic heterocycles. The lowest BCUT2D eigenvalue weighted by atomic mass is 10.0. The highest BCUT2D eigenvalue weighted by molar-refractivity contribution is 6.45. The lowest BCUT2D eigenvalue weighted by molar-refractivity contribution is -0.120. The molecule has 1 saturated heterocycles. The van der Waals surface area contributed by atoms with E-state index in [0.717, 1.165) is 43.5 Å². The van der Waals surface area contributed by atoms with Crippen LogP contribution in [-0.4, -0.2) is 36.4 Å². The Morgan fingerprint density at radius 1 is 0.931 bits per heavy atom. The van der Waals surface area contributed by atoms with E-state index >= 15 is 0 Å². The van der Waals surface area contributed by atoms with Crippen molar-refractivity contribution in [1.82, 2.24) is 4.90 Å². The molecule has 2 aliphatic rings. The number of ether oxygens (including phenoxy) is 1. The Morgan fingerprint density at radius 3 is 2.34 bits per heavy atom. The highest BCUT2D eigenvalue weighted by Gasteiger charge is 2.42. The number of carbonyl (C=O) groups is 2. The van der Waals surface area contributed by atoms with Gasteiger partial charge in [-0.25, -0.2) is 4.90 Å². The first-order valence-electron chi connectivity index (χ1n) is 10.3. The minimum atomic E-state index is -0.270. The van der Waals surface area contributed by atoms with E-state index in [1.807, 2.05) is 50.2 Å². The summed E-state index contributed by atoms with van der Waals surface area (Å²) in [7, 11) is 0. The fourth-order valence-corrected chi connectivity index (χ4v) is 4.02. The van der Waals surface area contributed by atoms with Crippen LogP contribution in [0.5, 0.6) is 5.75 Å². The van der Waals surface area contributed by atoms with E-state index in [1.54, 1.807) is 12.1 Å². The monoisotopic (exact) mass is 390 g/mol. The van der Waals surface area contributed by atoms with E-state index in [2.05, 4.69) is 4.90 Å². The van der Waals surface area contributed by atoms with Gasteiger partial charge in [0.1, 0.15) is 11.4 Å². The Morgan fingerprint density at radius 2 is 1.66 bits per heavy atom. The lowest BCUT2D eigenvalue weighted by Crippen LogP contribution is -2.37. The van der Waals surface area contributed by atoms with Crippen LogP contribution in [0.2, 0.25) is 0 Å². The van der Waals surface area contributed by atoms with Gasteiger partial charge < -0.3 is 9.64 Å². The van der Waals surface area contributed by atoms with Crippen LogP contribution in [0.3, 0.4) is 0 Å². The molecule has 5 nitrogen and oxygen atoms in total. The first-order valence-corrected chi connectivity index (χ1v) is 10.3. The molecule has 4 rings (SSSR count). The molecule has 0 atom stereocenters. The average molecular weight is 390 g/mol. The van der Waals surface area contributed by atoms with Crippen LogP contribution < -0.4 is 9.64 Å². The summed E-state index contributed by atoms with van der Waals surface area (Å²) in [4.78, 5) is 30.4. The number of amides is 2. The number of hydrogen-bond acceptors (Lipinski definition) is 4. The van der Waals surface area contributed by atoms with Crippen molar-refractivity contribution >= 4 is 23.1 Å². The molecule has 1 fully saturated rings. The normalized spacial score (nSPS) is 17.3. The third kappa shape index (κ3) is 3.65. The van der Waals surface area contributed by atoms with E-state index in [4.69, 9.17) is 4.74 Å². The Labute approximate surface area is 171 Å². The SMILES string of the molecule is CCOc1cccc(N2C(=O)C(c3ccc(C)cc3)=C(N3CCCCC3)C2=O)c1. The smallest absolute Gasteiger partial charge is 0.282 e. The Kier molecular flexibility index (Phi) is 5.38. The Hall–Kier alpha value is -3.08. The molecule has 0 spiro atoms. The maximum absolute atomic E-state index is 13.5. The largest absolute Gasteiger partial charge is 0.494 e. The maximum atomic E-state index is 13.5. The minimum Gasteiger partial charge on any atom is -0.494 e. The molecule has 2 amide bonds. The van der Waals surface area contributed by atoms with Gasteiger partial charge >= 0.3 is 0 Å². The molecule has 2 aliphatic heterocycles. The van der Waals surface area contributed by atoms with E-state index < -0.39 is 0 Å². The third-order valence-corrected chi connectivity index (χ3v) is 5.46. The minimum absolute atomic E-state index is 0.249. The predicted molar refractivity (Wildman–Crippen MR) is 114 cm³/mol. The molecular formula is C24H26N2O3. The molecule has 2 heterocycles. The van der Waals surface area contributed by atoms with Gasteiger partial charge in [-0.3, -0.25) is 9.59 Å². The second-order valence-electron chi connectivity index (χ2n) is 7.51. The number of rotatable bonds is 5. The number of hydrogen-bond donors (Lipinski definition) is 0. The predicted octanol–water partition coefficient (Wildman–Crippen LogP) is 4.16. The highest BCUT2D eigenvalue weighted by Crippen LogP contribution is 2.36. The molecular weight excluding hydrogens is 364 g/mol. The first kappa shape index (κ1) is 19.2. The van der Waals surface area contributed by atoms with E-state index in [0.29, 0.717) is 29.3 Å². The zero-order valence-electron chi connectivity index (χ0n) is 17.0. The van der Waals surface area contributed by atoms with Crippen molar-refractivity contribution in [1.29, 1.82) is 0 Å². The van der Waals surface area contributed by atoms with E-state index in [1.165, 1.54) is 4.90 Å². The summed E-state index contributed by atoms with van der Waals surface area (Å²) in [6.45, 7) is 6.05. The Balaban J connectivity index is 1.79. The fraction of sp³-hybridized carbons (Fsp3) is 0.333. The summed E-state index contributed by atoms with van der Waals surface area (Å²) in [5.74, 6) is 0.128. The van der Waals surface area contributed by atoms with Gasteiger partial charge in [-0.05, 0) is 50.8 Å². The molecule has 29 heavy (non-hydrogen) atoms. The number of benzene rings is 2. The lowest BCUT2D eigenvalue weighted by Gasteiger charge is -2.29. The van der Waals surface area contributed by atoms with Gasteiger partial charge in [-0.2, -0.15) is 0 Å². The molecule has 0 unspecified atom stereocenters. The van der Waals surface area contributed by atoms with Crippen LogP contribution in [0.15, 0.2) is 54.2 Å². The number of nitrogens with zero attached hydrogens (tertiary/aromatic N) is 2. The van der Waals surface area contributed by atoms with Crippen LogP contribution >= 0.6 is 0 Å². The number of piperidine rings is 1. The standard InChI is InChI=1S/C24H26N2O3/c1-3-29-20-9-7-8-19(16-20)26-23(27)21(18-12-10-17(2)11-13-18)22(24(26)28)25-14-5-4-6-15-25/h7-13,16H,3-6,14-15H2,1-2H3. The van der Waals surface area contributed by atoms with Gasteiger partial charge in [-0.1, -0.05) is 35.9 Å². The van der Waals surface area contributed by atoms with Crippen molar-refractivity contribution < 1.29 is 14.3 Å². The summed E-state index contributed by atoms with van der Waals surface area (Å²) in [5.41, 5.74) is 3.48. The fourth-order valence-electron chi connectivity index (χ4n) is 4.02. The van der Waals surface area contributed by atoms with Crippen molar-refractivity contribution in [3.63, 3.8) is 0 Å². The molecule has 0 aliphatic carbocycles. The van der Waals surface area contributed by atoms with Crippen LogP contribution in [0.1, 0.15) is 37.3 Å². The molecule has 0 saturated carbocycles. The van der Waals surface area contributed by atoms with Crippen LogP contribution in [-0.2, 0) is 9.59 Å². The van der Waals surface area contributed by atoms with Crippen molar-refractivity contribution in [3.8, 4) is 5.75 Å². The van der Waals surface area contributed by atoms with Crippen molar-refractivity contribution in [3.05, 3.63) is 65.4 Å². The van der Waals surface area contributed by atoms with Crippen molar-refractivity contribution in [2.75, 3.05) is 24.6 Å². The molecule has 2 aromatic carbocycles.